The van der Waals surface area contributed by atoms with Crippen molar-refractivity contribution in [2.75, 3.05) is 38.7 Å². The number of anilines is 1. The number of rotatable bonds is 6. The number of phenols is 1. The Morgan fingerprint density at radius 2 is 1.80 bits per heavy atom. The lowest BCUT2D eigenvalue weighted by Crippen LogP contribution is -2.74. The number of aromatic nitrogens is 2. The molecule has 212 valence electrons. The lowest BCUT2D eigenvalue weighted by atomic mass is 9.39. The van der Waals surface area contributed by atoms with E-state index in [1.807, 2.05) is 24.3 Å². The first-order valence-electron chi connectivity index (χ1n) is 14.5. The average molecular weight is 574 g/mol. The topological polar surface area (TPSA) is 73.8 Å². The Labute approximate surface area is 243 Å². The summed E-state index contributed by atoms with van der Waals surface area (Å²) in [5.41, 5.74) is 1.39. The molecule has 3 heterocycles. The van der Waals surface area contributed by atoms with Crippen LogP contribution in [0.25, 0.3) is 32.8 Å². The number of phenolic OH excluding ortho intramolecular Hbond substituents is 1. The number of nitrogens with one attached hydrogen (secondary N) is 1. The fourth-order valence-corrected chi connectivity index (χ4v) is 8.26. The summed E-state index contributed by atoms with van der Waals surface area (Å²) in [6.07, 6.45) is 5.55. The van der Waals surface area contributed by atoms with Crippen molar-refractivity contribution in [3.05, 3.63) is 53.3 Å². The zero-order valence-electron chi connectivity index (χ0n) is 23.3. The fourth-order valence-electron chi connectivity index (χ4n) is 7.97. The van der Waals surface area contributed by atoms with Gasteiger partial charge in [0.1, 0.15) is 17.1 Å². The first-order chi connectivity index (χ1) is 19.7. The van der Waals surface area contributed by atoms with E-state index >= 15 is 4.39 Å². The lowest BCUT2D eigenvalue weighted by Gasteiger charge is -2.72. The van der Waals surface area contributed by atoms with E-state index in [0.717, 1.165) is 56.0 Å². The summed E-state index contributed by atoms with van der Waals surface area (Å²) in [4.78, 5) is 14.1. The van der Waals surface area contributed by atoms with Gasteiger partial charge in [-0.1, -0.05) is 35.9 Å². The zero-order chi connectivity index (χ0) is 28.1. The Kier molecular flexibility index (Phi) is 5.54. The van der Waals surface area contributed by atoms with E-state index in [1.165, 1.54) is 0 Å². The van der Waals surface area contributed by atoms with Crippen LogP contribution in [0.5, 0.6) is 11.8 Å². The van der Waals surface area contributed by atoms with Gasteiger partial charge in [-0.05, 0) is 80.7 Å². The average Bonchev–Trinajstić information content (AvgIpc) is 3.23. The predicted molar refractivity (Wildman–Crippen MR) is 159 cm³/mol. The van der Waals surface area contributed by atoms with Gasteiger partial charge in [-0.3, -0.25) is 0 Å². The van der Waals surface area contributed by atoms with Gasteiger partial charge in [0.2, 0.25) is 0 Å². The van der Waals surface area contributed by atoms with Crippen molar-refractivity contribution in [3.8, 4) is 22.9 Å². The first kappa shape index (κ1) is 25.5. The maximum atomic E-state index is 16.7. The van der Waals surface area contributed by atoms with Crippen LogP contribution in [-0.4, -0.2) is 71.4 Å². The van der Waals surface area contributed by atoms with E-state index < -0.39 is 5.82 Å². The van der Waals surface area contributed by atoms with E-state index in [9.17, 15) is 5.11 Å². The molecule has 3 saturated carbocycles. The molecule has 5 aliphatic rings. The molecule has 0 radical (unpaired) electrons. The van der Waals surface area contributed by atoms with Gasteiger partial charge >= 0.3 is 6.01 Å². The Morgan fingerprint density at radius 3 is 2.54 bits per heavy atom. The molecule has 41 heavy (non-hydrogen) atoms. The summed E-state index contributed by atoms with van der Waals surface area (Å²) in [6, 6.07) is 13.6. The summed E-state index contributed by atoms with van der Waals surface area (Å²) in [6.45, 7) is 2.10. The predicted octanol–water partition coefficient (Wildman–Crippen LogP) is 5.75. The van der Waals surface area contributed by atoms with Crippen molar-refractivity contribution < 1.29 is 14.2 Å². The van der Waals surface area contributed by atoms with Crippen LogP contribution in [0.1, 0.15) is 32.1 Å². The molecule has 3 aromatic carbocycles. The summed E-state index contributed by atoms with van der Waals surface area (Å²) in [5.74, 6) is 0.179. The van der Waals surface area contributed by atoms with Crippen LogP contribution in [-0.2, 0) is 0 Å². The molecule has 2 saturated heterocycles. The van der Waals surface area contributed by atoms with Gasteiger partial charge in [0.05, 0.1) is 11.6 Å². The summed E-state index contributed by atoms with van der Waals surface area (Å²) >= 11 is 6.86. The second-order valence-electron chi connectivity index (χ2n) is 13.0. The highest BCUT2D eigenvalue weighted by atomic mass is 35.5. The standard InChI is InChI=1S/C32H33ClFN5O2/c1-38(2)32-14-31(15-32,16-32)17-41-30-36-28-24(29(37-30)39-12-19-7-8-20(13-39)35-19)11-25(33)26(27(28)34)23-10-21(40)9-18-5-3-4-6-22(18)23/h3-6,9-11,19-20,35,40H,7-8,12-17H2,1-2H3. The Hall–Kier alpha value is -3.20. The SMILES string of the molecule is CN(C)C12CC(COc3nc(N4CC5CCC(C4)N5)c4cc(Cl)c(-c5cc(O)cc6ccccc56)c(F)c4n3)(C1)C2. The maximum absolute atomic E-state index is 16.7. The molecular formula is C32H33ClFN5O2. The molecule has 2 atom stereocenters. The van der Waals surface area contributed by atoms with Crippen LogP contribution >= 0.6 is 11.6 Å². The van der Waals surface area contributed by atoms with Crippen LogP contribution in [0.2, 0.25) is 5.02 Å². The maximum Gasteiger partial charge on any atom is 0.319 e. The highest BCUT2D eigenvalue weighted by molar-refractivity contribution is 6.35. The zero-order valence-corrected chi connectivity index (χ0v) is 24.0. The summed E-state index contributed by atoms with van der Waals surface area (Å²) < 4.78 is 23.0. The molecule has 4 aromatic rings. The van der Waals surface area contributed by atoms with E-state index in [2.05, 4.69) is 34.2 Å². The largest absolute Gasteiger partial charge is 0.508 e. The second kappa shape index (κ2) is 8.90. The Bertz CT molecular complexity index is 1700. The Balaban J connectivity index is 1.24. The van der Waals surface area contributed by atoms with Gasteiger partial charge in [-0.2, -0.15) is 9.97 Å². The van der Waals surface area contributed by atoms with Crippen molar-refractivity contribution in [1.82, 2.24) is 20.2 Å². The molecule has 7 nitrogen and oxygen atoms in total. The highest BCUT2D eigenvalue weighted by Gasteiger charge is 2.69. The minimum Gasteiger partial charge on any atom is -0.508 e. The van der Waals surface area contributed by atoms with Gasteiger partial charge in [0, 0.05) is 47.1 Å². The molecule has 0 spiro atoms. The number of ether oxygens (including phenoxy) is 1. The molecule has 9 heteroatoms. The van der Waals surface area contributed by atoms with E-state index in [-0.39, 0.29) is 33.3 Å². The van der Waals surface area contributed by atoms with Gasteiger partial charge < -0.3 is 25.0 Å². The quantitative estimate of drug-likeness (QED) is 0.304. The number of piperazine rings is 1. The van der Waals surface area contributed by atoms with Crippen LogP contribution in [0.15, 0.2) is 42.5 Å². The summed E-state index contributed by atoms with van der Waals surface area (Å²) in [7, 11) is 4.29. The van der Waals surface area contributed by atoms with Crippen molar-refractivity contribution in [3.63, 3.8) is 0 Å². The number of halogens is 2. The molecule has 3 aliphatic carbocycles. The van der Waals surface area contributed by atoms with Crippen molar-refractivity contribution >= 4 is 39.1 Å². The van der Waals surface area contributed by atoms with Gasteiger partial charge in [-0.25, -0.2) is 4.39 Å². The van der Waals surface area contributed by atoms with E-state index in [1.54, 1.807) is 18.2 Å². The fraction of sp³-hybridized carbons (Fsp3) is 0.438. The number of hydrogen-bond acceptors (Lipinski definition) is 7. The third-order valence-corrected chi connectivity index (χ3v) is 10.3. The molecule has 5 fully saturated rings. The number of aromatic hydroxyl groups is 1. The third kappa shape index (κ3) is 3.91. The second-order valence-corrected chi connectivity index (χ2v) is 13.4. The smallest absolute Gasteiger partial charge is 0.319 e. The summed E-state index contributed by atoms with van der Waals surface area (Å²) in [5, 5.41) is 16.6. The molecule has 2 aliphatic heterocycles. The third-order valence-electron chi connectivity index (χ3n) is 10.0. The number of fused-ring (bicyclic) bond motifs is 4. The van der Waals surface area contributed by atoms with Crippen LogP contribution in [0, 0.1) is 11.2 Å². The molecular weight excluding hydrogens is 541 g/mol. The molecule has 9 rings (SSSR count). The normalized spacial score (nSPS) is 28.3. The minimum atomic E-state index is -0.535. The molecule has 0 amide bonds. The van der Waals surface area contributed by atoms with Gasteiger partial charge in [0.15, 0.2) is 5.82 Å². The number of benzene rings is 3. The minimum absolute atomic E-state index is 0.0482. The van der Waals surface area contributed by atoms with E-state index in [4.69, 9.17) is 21.3 Å². The monoisotopic (exact) mass is 573 g/mol. The number of hydrogen-bond donors (Lipinski definition) is 2. The van der Waals surface area contributed by atoms with Gasteiger partial charge in [-0.15, -0.1) is 0 Å². The van der Waals surface area contributed by atoms with Crippen LogP contribution in [0.3, 0.4) is 0 Å². The molecule has 1 aromatic heterocycles. The van der Waals surface area contributed by atoms with Crippen molar-refractivity contribution in [2.24, 2.45) is 5.41 Å². The molecule has 2 N–H and O–H groups in total. The number of nitrogens with zero attached hydrogens (tertiary/aromatic N) is 4. The van der Waals surface area contributed by atoms with Crippen molar-refractivity contribution in [1.29, 1.82) is 0 Å². The van der Waals surface area contributed by atoms with Crippen molar-refractivity contribution in [2.45, 2.75) is 49.7 Å². The van der Waals surface area contributed by atoms with Crippen LogP contribution < -0.4 is 15.0 Å². The lowest BCUT2D eigenvalue weighted by molar-refractivity contribution is -0.220. The highest BCUT2D eigenvalue weighted by Crippen LogP contribution is 2.69. The molecule has 2 unspecified atom stereocenters. The Morgan fingerprint density at radius 1 is 1.07 bits per heavy atom. The van der Waals surface area contributed by atoms with Gasteiger partial charge in [0.25, 0.3) is 0 Å². The first-order valence-corrected chi connectivity index (χ1v) is 14.8. The molecule has 4 bridgehead atoms. The van der Waals surface area contributed by atoms with Crippen LogP contribution in [0.4, 0.5) is 10.2 Å². The van der Waals surface area contributed by atoms with E-state index in [0.29, 0.717) is 41.0 Å².